The lowest BCUT2D eigenvalue weighted by Crippen LogP contribution is -2.47. The van der Waals surface area contributed by atoms with Crippen molar-refractivity contribution in [2.24, 2.45) is 11.8 Å². The number of rotatable bonds is 36. The summed E-state index contributed by atoms with van der Waals surface area (Å²) < 4.78 is 33.9. The maximum absolute atomic E-state index is 13.1. The van der Waals surface area contributed by atoms with Gasteiger partial charge in [0.05, 0.1) is 13.0 Å². The SMILES string of the molecule is CCCCCCCCCCCCCCCC(=O)C(C)CC(O)(OS(=O)(=O)OC)C(C)C(=O)CCCCCCCCCCCCCCC. The first-order valence-corrected chi connectivity index (χ1v) is 21.1. The van der Waals surface area contributed by atoms with Crippen molar-refractivity contribution in [3.8, 4) is 0 Å². The molecule has 0 amide bonds. The lowest BCUT2D eigenvalue weighted by Gasteiger charge is -2.33. The predicted octanol–water partition coefficient (Wildman–Crippen LogP) is 11.3. The standard InChI is InChI=1S/C39H76O7S/c1-6-8-10-12-14-16-18-20-22-24-26-28-30-32-37(40)35(3)34-39(42,46-47(43,44)45-5)36(4)38(41)33-31-29-27-25-23-21-19-17-15-13-11-9-7-2/h35-36,42H,6-34H2,1-5H3. The fourth-order valence-electron chi connectivity index (χ4n) is 6.39. The minimum atomic E-state index is -4.53. The highest BCUT2D eigenvalue weighted by Gasteiger charge is 2.45. The van der Waals surface area contributed by atoms with Gasteiger partial charge in [0, 0.05) is 25.2 Å². The van der Waals surface area contributed by atoms with Crippen LogP contribution in [-0.2, 0) is 28.4 Å². The molecule has 0 saturated heterocycles. The molecule has 0 heterocycles. The van der Waals surface area contributed by atoms with E-state index in [1.807, 2.05) is 0 Å². The summed E-state index contributed by atoms with van der Waals surface area (Å²) in [6.07, 6.45) is 31.8. The predicted molar refractivity (Wildman–Crippen MR) is 196 cm³/mol. The van der Waals surface area contributed by atoms with Crippen molar-refractivity contribution in [2.75, 3.05) is 7.11 Å². The van der Waals surface area contributed by atoms with Crippen molar-refractivity contribution in [3.05, 3.63) is 0 Å². The van der Waals surface area contributed by atoms with E-state index in [0.717, 1.165) is 45.6 Å². The number of hydrogen-bond donors (Lipinski definition) is 1. The summed E-state index contributed by atoms with van der Waals surface area (Å²) in [5.41, 5.74) is 0. The third-order valence-corrected chi connectivity index (χ3v) is 10.7. The second-order valence-electron chi connectivity index (χ2n) is 14.2. The van der Waals surface area contributed by atoms with Crippen LogP contribution in [0.2, 0.25) is 0 Å². The maximum atomic E-state index is 13.1. The van der Waals surface area contributed by atoms with Crippen molar-refractivity contribution in [2.45, 2.75) is 220 Å². The van der Waals surface area contributed by atoms with Gasteiger partial charge in [0.1, 0.15) is 11.6 Å². The summed E-state index contributed by atoms with van der Waals surface area (Å²) in [4.78, 5) is 26.0. The van der Waals surface area contributed by atoms with E-state index in [1.165, 1.54) is 129 Å². The molecule has 3 atom stereocenters. The molecule has 0 saturated carbocycles. The van der Waals surface area contributed by atoms with Crippen LogP contribution < -0.4 is 0 Å². The number of aliphatic hydroxyl groups is 1. The van der Waals surface area contributed by atoms with E-state index >= 15 is 0 Å². The molecule has 1 N–H and O–H groups in total. The van der Waals surface area contributed by atoms with Crippen LogP contribution >= 0.6 is 0 Å². The fourth-order valence-corrected chi connectivity index (χ4v) is 7.03. The van der Waals surface area contributed by atoms with Gasteiger partial charge in [0.15, 0.2) is 5.79 Å². The molecule has 0 spiro atoms. The van der Waals surface area contributed by atoms with E-state index in [4.69, 9.17) is 4.18 Å². The van der Waals surface area contributed by atoms with Crippen LogP contribution in [-0.4, -0.2) is 38.0 Å². The van der Waals surface area contributed by atoms with Crippen LogP contribution in [0.1, 0.15) is 214 Å². The fraction of sp³-hybridized carbons (Fsp3) is 0.949. The quantitative estimate of drug-likeness (QED) is 0.0515. The van der Waals surface area contributed by atoms with E-state index in [9.17, 15) is 23.1 Å². The van der Waals surface area contributed by atoms with E-state index in [2.05, 4.69) is 18.0 Å². The van der Waals surface area contributed by atoms with Crippen molar-refractivity contribution < 1.29 is 31.5 Å². The molecule has 0 aromatic rings. The van der Waals surface area contributed by atoms with E-state index in [0.29, 0.717) is 12.8 Å². The molecule has 0 aliphatic heterocycles. The zero-order valence-corrected chi connectivity index (χ0v) is 32.3. The Labute approximate surface area is 291 Å². The summed E-state index contributed by atoms with van der Waals surface area (Å²) >= 11 is 0. The molecule has 0 aromatic carbocycles. The van der Waals surface area contributed by atoms with Gasteiger partial charge in [0.2, 0.25) is 0 Å². The van der Waals surface area contributed by atoms with Crippen LogP contribution in [0.5, 0.6) is 0 Å². The number of Topliss-reactive ketones (excluding diaryl/α,β-unsaturated/α-hetero) is 2. The average molecular weight is 689 g/mol. The van der Waals surface area contributed by atoms with Gasteiger partial charge in [-0.05, 0) is 12.8 Å². The van der Waals surface area contributed by atoms with Gasteiger partial charge in [-0.15, -0.1) is 0 Å². The molecule has 0 fully saturated rings. The average Bonchev–Trinajstić information content (AvgIpc) is 3.04. The molecule has 8 heteroatoms. The Morgan fingerprint density at radius 1 is 0.553 bits per heavy atom. The maximum Gasteiger partial charge on any atom is 0.402 e. The first kappa shape index (κ1) is 46.2. The summed E-state index contributed by atoms with van der Waals surface area (Å²) in [7, 11) is -3.59. The highest BCUT2D eigenvalue weighted by Crippen LogP contribution is 2.32. The summed E-state index contributed by atoms with van der Waals surface area (Å²) in [5, 5.41) is 11.4. The molecule has 280 valence electrons. The summed E-state index contributed by atoms with van der Waals surface area (Å²) in [6, 6.07) is 0. The molecule has 3 unspecified atom stereocenters. The number of carbonyl (C=O) groups is 2. The van der Waals surface area contributed by atoms with Crippen LogP contribution in [0.4, 0.5) is 0 Å². The molecular formula is C39H76O7S. The number of unbranched alkanes of at least 4 members (excludes halogenated alkanes) is 24. The van der Waals surface area contributed by atoms with E-state index < -0.39 is 28.0 Å². The Hall–Kier alpha value is -0.830. The third kappa shape index (κ3) is 25.8. The van der Waals surface area contributed by atoms with Gasteiger partial charge in [-0.25, -0.2) is 4.18 Å². The van der Waals surface area contributed by atoms with Crippen LogP contribution in [0.3, 0.4) is 0 Å². The molecule has 0 bridgehead atoms. The van der Waals surface area contributed by atoms with Crippen LogP contribution in [0, 0.1) is 11.8 Å². The largest absolute Gasteiger partial charge is 0.402 e. The van der Waals surface area contributed by atoms with Crippen LogP contribution in [0.25, 0.3) is 0 Å². The van der Waals surface area contributed by atoms with E-state index in [1.54, 1.807) is 6.92 Å². The molecule has 0 aliphatic carbocycles. The van der Waals surface area contributed by atoms with Crippen molar-refractivity contribution in [1.82, 2.24) is 0 Å². The van der Waals surface area contributed by atoms with E-state index in [-0.39, 0.29) is 24.4 Å². The Balaban J connectivity index is 4.44. The number of carbonyl (C=O) groups excluding carboxylic acids is 2. The zero-order valence-electron chi connectivity index (χ0n) is 31.5. The molecular weight excluding hydrogens is 612 g/mol. The highest BCUT2D eigenvalue weighted by atomic mass is 32.3. The molecule has 0 aromatic heterocycles. The Kier molecular flexibility index (Phi) is 29.5. The highest BCUT2D eigenvalue weighted by molar-refractivity contribution is 7.81. The van der Waals surface area contributed by atoms with Crippen molar-refractivity contribution in [1.29, 1.82) is 0 Å². The topological polar surface area (TPSA) is 107 Å². The normalized spacial score (nSPS) is 14.6. The second kappa shape index (κ2) is 30.0. The molecule has 7 nitrogen and oxygen atoms in total. The number of ketones is 2. The Morgan fingerprint density at radius 2 is 0.851 bits per heavy atom. The zero-order chi connectivity index (χ0) is 35.2. The molecule has 0 rings (SSSR count). The van der Waals surface area contributed by atoms with Gasteiger partial charge < -0.3 is 5.11 Å². The molecule has 47 heavy (non-hydrogen) atoms. The molecule has 0 aliphatic rings. The van der Waals surface area contributed by atoms with Gasteiger partial charge in [-0.3, -0.25) is 13.8 Å². The van der Waals surface area contributed by atoms with Crippen molar-refractivity contribution >= 4 is 22.0 Å². The minimum Gasteiger partial charge on any atom is -0.364 e. The summed E-state index contributed by atoms with van der Waals surface area (Å²) in [5.74, 6) is -4.43. The second-order valence-corrected chi connectivity index (χ2v) is 15.6. The monoisotopic (exact) mass is 689 g/mol. The first-order valence-electron chi connectivity index (χ1n) is 19.8. The third-order valence-electron chi connectivity index (χ3n) is 9.81. The Bertz CT molecular complexity index is 859. The first-order chi connectivity index (χ1) is 22.5. The van der Waals surface area contributed by atoms with Crippen molar-refractivity contribution in [3.63, 3.8) is 0 Å². The van der Waals surface area contributed by atoms with Gasteiger partial charge in [0.25, 0.3) is 0 Å². The lowest BCUT2D eigenvalue weighted by molar-refractivity contribution is -0.191. The molecule has 0 radical (unpaired) electrons. The Morgan fingerprint density at radius 3 is 1.17 bits per heavy atom. The van der Waals surface area contributed by atoms with Gasteiger partial charge >= 0.3 is 10.4 Å². The minimum absolute atomic E-state index is 0.0546. The van der Waals surface area contributed by atoms with Gasteiger partial charge in [-0.1, -0.05) is 182 Å². The smallest absolute Gasteiger partial charge is 0.364 e. The van der Waals surface area contributed by atoms with Crippen LogP contribution in [0.15, 0.2) is 0 Å². The lowest BCUT2D eigenvalue weighted by atomic mass is 9.84. The van der Waals surface area contributed by atoms with Gasteiger partial charge in [-0.2, -0.15) is 8.42 Å². The summed E-state index contributed by atoms with van der Waals surface area (Å²) in [6.45, 7) is 7.64. The number of hydrogen-bond acceptors (Lipinski definition) is 7.